The van der Waals surface area contributed by atoms with Gasteiger partial charge in [0.2, 0.25) is 11.8 Å². The molecule has 2 saturated heterocycles. The molecule has 2 fully saturated rings. The summed E-state index contributed by atoms with van der Waals surface area (Å²) in [6, 6.07) is 15.4. The summed E-state index contributed by atoms with van der Waals surface area (Å²) in [5.41, 5.74) is 0.977. The number of ether oxygens (including phenoxy) is 2. The van der Waals surface area contributed by atoms with E-state index >= 15 is 0 Å². The molecule has 1 N–H and O–H groups in total. The number of carbonyl (C=O) groups is 2. The van der Waals surface area contributed by atoms with Crippen LogP contribution in [-0.2, 0) is 9.59 Å². The molecular formula is C22H22N2O4. The van der Waals surface area contributed by atoms with Gasteiger partial charge < -0.3 is 19.7 Å². The first kappa shape index (κ1) is 17.1. The number of amides is 2. The minimum absolute atomic E-state index is 0.0271. The molecule has 6 nitrogen and oxygen atoms in total. The van der Waals surface area contributed by atoms with E-state index in [4.69, 9.17) is 9.47 Å². The monoisotopic (exact) mass is 378 g/mol. The largest absolute Gasteiger partial charge is 0.497 e. The van der Waals surface area contributed by atoms with Gasteiger partial charge in [0.25, 0.3) is 0 Å². The van der Waals surface area contributed by atoms with Crippen molar-refractivity contribution in [2.45, 2.75) is 24.4 Å². The second kappa shape index (κ2) is 5.99. The molecule has 2 amide bonds. The van der Waals surface area contributed by atoms with Crippen molar-refractivity contribution < 1.29 is 19.1 Å². The summed E-state index contributed by atoms with van der Waals surface area (Å²) in [5, 5.41) is 2.80. The van der Waals surface area contributed by atoms with Crippen LogP contribution in [0, 0.1) is 5.92 Å². The van der Waals surface area contributed by atoms with E-state index in [1.165, 1.54) is 0 Å². The average molecular weight is 378 g/mol. The van der Waals surface area contributed by atoms with Gasteiger partial charge in [-0.3, -0.25) is 9.59 Å². The summed E-state index contributed by atoms with van der Waals surface area (Å²) in [6.45, 7) is 2.37. The second-order valence-electron chi connectivity index (χ2n) is 7.81. The Hall–Kier alpha value is -3.02. The Bertz CT molecular complexity index is 960. The molecule has 3 heterocycles. The Morgan fingerprint density at radius 3 is 2.71 bits per heavy atom. The molecule has 0 aliphatic carbocycles. The van der Waals surface area contributed by atoms with Crippen molar-refractivity contribution in [1.82, 2.24) is 10.2 Å². The van der Waals surface area contributed by atoms with Crippen LogP contribution in [0.2, 0.25) is 0 Å². The molecule has 2 aromatic carbocycles. The van der Waals surface area contributed by atoms with Crippen molar-refractivity contribution in [2.24, 2.45) is 5.92 Å². The Labute approximate surface area is 163 Å². The highest BCUT2D eigenvalue weighted by atomic mass is 16.5. The van der Waals surface area contributed by atoms with Crippen LogP contribution < -0.4 is 14.8 Å². The highest BCUT2D eigenvalue weighted by Crippen LogP contribution is 2.59. The number of piperazine rings is 1. The second-order valence-corrected chi connectivity index (χ2v) is 7.81. The predicted molar refractivity (Wildman–Crippen MR) is 102 cm³/mol. The third-order valence-corrected chi connectivity index (χ3v) is 6.47. The lowest BCUT2D eigenvalue weighted by Crippen LogP contribution is -2.64. The van der Waals surface area contributed by atoms with Crippen molar-refractivity contribution in [2.75, 3.05) is 20.3 Å². The Morgan fingerprint density at radius 2 is 1.96 bits per heavy atom. The first-order valence-corrected chi connectivity index (χ1v) is 9.52. The highest BCUT2D eigenvalue weighted by Gasteiger charge is 2.65. The Balaban J connectivity index is 1.73. The van der Waals surface area contributed by atoms with Gasteiger partial charge in [-0.25, -0.2) is 0 Å². The van der Waals surface area contributed by atoms with Crippen LogP contribution in [0.3, 0.4) is 0 Å². The number of rotatable bonds is 2. The number of nitrogens with one attached hydrogen (secondary N) is 1. The predicted octanol–water partition coefficient (Wildman–Crippen LogP) is 2.26. The maximum Gasteiger partial charge on any atom is 0.246 e. The normalized spacial score (nSPS) is 30.6. The molecule has 0 aromatic heterocycles. The SMILES string of the molecule is COc1ccc2c(c1)[C@@H]1[C@H](CO2)[C@H](c2ccccc2)[C@]2(C)C(=O)NCC(=O)N12. The first-order valence-electron chi connectivity index (χ1n) is 9.52. The molecule has 0 unspecified atom stereocenters. The molecule has 5 rings (SSSR count). The van der Waals surface area contributed by atoms with Crippen LogP contribution in [-0.4, -0.2) is 42.5 Å². The van der Waals surface area contributed by atoms with E-state index in [1.54, 1.807) is 12.0 Å². The van der Waals surface area contributed by atoms with E-state index in [9.17, 15) is 9.59 Å². The number of nitrogens with zero attached hydrogens (tertiary/aromatic N) is 1. The molecule has 3 aliphatic heterocycles. The van der Waals surface area contributed by atoms with Crippen LogP contribution in [0.5, 0.6) is 11.5 Å². The summed E-state index contributed by atoms with van der Waals surface area (Å²) >= 11 is 0. The number of methoxy groups -OCH3 is 1. The van der Waals surface area contributed by atoms with Crippen molar-refractivity contribution in [3.8, 4) is 11.5 Å². The number of fused-ring (bicyclic) bond motifs is 5. The summed E-state index contributed by atoms with van der Waals surface area (Å²) in [6.07, 6.45) is 0. The van der Waals surface area contributed by atoms with Gasteiger partial charge in [-0.05, 0) is 30.7 Å². The number of hydrogen-bond donors (Lipinski definition) is 1. The standard InChI is InChI=1S/C22H22N2O4/c1-22-19(13-6-4-3-5-7-13)16-12-28-17-9-8-14(27-2)10-15(17)20(16)24(22)18(25)11-23-21(22)26/h3-10,16,19-20H,11-12H2,1-2H3,(H,23,26)/t16-,19+,20-,22-/m1/s1. The van der Waals surface area contributed by atoms with Crippen LogP contribution >= 0.6 is 0 Å². The maximum atomic E-state index is 13.1. The fraction of sp³-hybridized carbons (Fsp3) is 0.364. The highest BCUT2D eigenvalue weighted by molar-refractivity contribution is 5.99. The van der Waals surface area contributed by atoms with E-state index in [-0.39, 0.29) is 36.2 Å². The molecule has 6 heteroatoms. The first-order chi connectivity index (χ1) is 13.6. The lowest BCUT2D eigenvalue weighted by Gasteiger charge is -2.43. The van der Waals surface area contributed by atoms with Crippen LogP contribution in [0.1, 0.15) is 30.0 Å². The summed E-state index contributed by atoms with van der Waals surface area (Å²) < 4.78 is 11.5. The number of carbonyl (C=O) groups excluding carboxylic acids is 2. The fourth-order valence-electron chi connectivity index (χ4n) is 5.31. The van der Waals surface area contributed by atoms with Gasteiger partial charge in [0.1, 0.15) is 17.0 Å². The Morgan fingerprint density at radius 1 is 1.18 bits per heavy atom. The fourth-order valence-corrected chi connectivity index (χ4v) is 5.31. The minimum atomic E-state index is -0.972. The molecule has 3 aliphatic rings. The zero-order valence-corrected chi connectivity index (χ0v) is 15.8. The summed E-state index contributed by atoms with van der Waals surface area (Å²) in [5.74, 6) is 1.09. The molecule has 0 bridgehead atoms. The molecule has 0 spiro atoms. The third kappa shape index (κ3) is 2.14. The van der Waals surface area contributed by atoms with Crippen molar-refractivity contribution in [3.05, 3.63) is 59.7 Å². The number of benzene rings is 2. The molecular weight excluding hydrogens is 356 g/mol. The zero-order chi connectivity index (χ0) is 19.5. The van der Waals surface area contributed by atoms with Gasteiger partial charge >= 0.3 is 0 Å². The average Bonchev–Trinajstić information content (AvgIpc) is 3.01. The summed E-state index contributed by atoms with van der Waals surface area (Å²) in [4.78, 5) is 28.0. The minimum Gasteiger partial charge on any atom is -0.497 e. The molecule has 0 saturated carbocycles. The molecule has 0 radical (unpaired) electrons. The van der Waals surface area contributed by atoms with Crippen molar-refractivity contribution in [3.63, 3.8) is 0 Å². The van der Waals surface area contributed by atoms with E-state index in [2.05, 4.69) is 5.32 Å². The maximum absolute atomic E-state index is 13.1. The van der Waals surface area contributed by atoms with Crippen LogP contribution in [0.4, 0.5) is 0 Å². The smallest absolute Gasteiger partial charge is 0.246 e. The van der Waals surface area contributed by atoms with Gasteiger partial charge in [0, 0.05) is 17.4 Å². The lowest BCUT2D eigenvalue weighted by atomic mass is 9.73. The van der Waals surface area contributed by atoms with E-state index in [0.717, 1.165) is 16.9 Å². The number of hydrogen-bond acceptors (Lipinski definition) is 4. The lowest BCUT2D eigenvalue weighted by molar-refractivity contribution is -0.152. The Kier molecular flexibility index (Phi) is 3.66. The molecule has 4 atom stereocenters. The van der Waals surface area contributed by atoms with E-state index < -0.39 is 5.54 Å². The topological polar surface area (TPSA) is 67.9 Å². The molecule has 28 heavy (non-hydrogen) atoms. The van der Waals surface area contributed by atoms with Crippen molar-refractivity contribution in [1.29, 1.82) is 0 Å². The molecule has 2 aromatic rings. The molecule has 144 valence electrons. The third-order valence-electron chi connectivity index (χ3n) is 6.47. The van der Waals surface area contributed by atoms with E-state index in [0.29, 0.717) is 12.4 Å². The van der Waals surface area contributed by atoms with Gasteiger partial charge in [0.05, 0.1) is 26.3 Å². The van der Waals surface area contributed by atoms with Crippen molar-refractivity contribution >= 4 is 11.8 Å². The van der Waals surface area contributed by atoms with E-state index in [1.807, 2.05) is 55.5 Å². The van der Waals surface area contributed by atoms with Crippen LogP contribution in [0.25, 0.3) is 0 Å². The summed E-state index contributed by atoms with van der Waals surface area (Å²) in [7, 11) is 1.62. The van der Waals surface area contributed by atoms with Gasteiger partial charge in [-0.2, -0.15) is 0 Å². The zero-order valence-electron chi connectivity index (χ0n) is 15.8. The van der Waals surface area contributed by atoms with Gasteiger partial charge in [-0.15, -0.1) is 0 Å². The van der Waals surface area contributed by atoms with Crippen LogP contribution in [0.15, 0.2) is 48.5 Å². The van der Waals surface area contributed by atoms with Gasteiger partial charge in [0.15, 0.2) is 0 Å². The quantitative estimate of drug-likeness (QED) is 0.871. The van der Waals surface area contributed by atoms with Gasteiger partial charge in [-0.1, -0.05) is 30.3 Å².